The summed E-state index contributed by atoms with van der Waals surface area (Å²) in [5.74, 6) is 0.810. The van der Waals surface area contributed by atoms with Crippen LogP contribution < -0.4 is 10.1 Å². The van der Waals surface area contributed by atoms with Gasteiger partial charge in [0, 0.05) is 12.5 Å². The van der Waals surface area contributed by atoms with E-state index < -0.39 is 0 Å². The predicted octanol–water partition coefficient (Wildman–Crippen LogP) is 3.49. The van der Waals surface area contributed by atoms with Crippen LogP contribution in [0.2, 0.25) is 0 Å². The molecule has 1 unspecified atom stereocenters. The van der Waals surface area contributed by atoms with Gasteiger partial charge in [0.25, 0.3) is 0 Å². The van der Waals surface area contributed by atoms with Crippen molar-refractivity contribution in [1.29, 1.82) is 0 Å². The molecule has 0 aliphatic carbocycles. The van der Waals surface area contributed by atoms with Gasteiger partial charge in [-0.2, -0.15) is 0 Å². The molecule has 3 heteroatoms. The van der Waals surface area contributed by atoms with Crippen LogP contribution in [0.3, 0.4) is 0 Å². The van der Waals surface area contributed by atoms with Crippen molar-refractivity contribution in [2.24, 2.45) is 0 Å². The number of rotatable bonds is 8. The van der Waals surface area contributed by atoms with Crippen LogP contribution in [-0.4, -0.2) is 19.8 Å². The highest BCUT2D eigenvalue weighted by molar-refractivity contribution is 5.28. The Hall–Kier alpha value is -1.09. The summed E-state index contributed by atoms with van der Waals surface area (Å²) in [5, 5.41) is 3.43. The number of nitrogens with one attached hydrogen (secondary N) is 1. The van der Waals surface area contributed by atoms with E-state index in [1.165, 1.54) is 5.56 Å². The summed E-state index contributed by atoms with van der Waals surface area (Å²) in [6, 6.07) is 8.35. The van der Waals surface area contributed by atoms with Gasteiger partial charge in [0.1, 0.15) is 5.75 Å². The lowest BCUT2D eigenvalue weighted by Gasteiger charge is -2.14. The Balaban J connectivity index is 2.43. The summed E-state index contributed by atoms with van der Waals surface area (Å²) in [5.41, 5.74) is 1.25. The normalized spacial score (nSPS) is 12.4. The lowest BCUT2D eigenvalue weighted by Crippen LogP contribution is -2.19. The number of halogens is 1. The van der Waals surface area contributed by atoms with Gasteiger partial charge in [0.15, 0.2) is 0 Å². The summed E-state index contributed by atoms with van der Waals surface area (Å²) >= 11 is 0. The molecule has 1 aromatic carbocycles. The second-order valence-corrected chi connectivity index (χ2v) is 4.14. The molecule has 0 aromatic heterocycles. The van der Waals surface area contributed by atoms with Crippen molar-refractivity contribution < 1.29 is 9.13 Å². The van der Waals surface area contributed by atoms with Crippen LogP contribution in [0.1, 0.15) is 38.3 Å². The third kappa shape index (κ3) is 5.18. The van der Waals surface area contributed by atoms with Crippen LogP contribution in [0.4, 0.5) is 4.39 Å². The molecule has 0 spiro atoms. The molecule has 1 atom stereocenters. The topological polar surface area (TPSA) is 21.3 Å². The Morgan fingerprint density at radius 3 is 2.59 bits per heavy atom. The number of hydrogen-bond acceptors (Lipinski definition) is 2. The van der Waals surface area contributed by atoms with E-state index in [2.05, 4.69) is 31.3 Å². The highest BCUT2D eigenvalue weighted by Crippen LogP contribution is 2.17. The maximum Gasteiger partial charge on any atom is 0.119 e. The minimum atomic E-state index is -0.323. The second kappa shape index (κ2) is 8.07. The molecule has 0 bridgehead atoms. The highest BCUT2D eigenvalue weighted by Gasteiger charge is 2.03. The standard InChI is InChI=1S/C14H22FNO/c1-3-10-16-12(2)13-5-7-14(8-6-13)17-11-4-9-15/h5-8,12,16H,3-4,9-11H2,1-2H3. The molecule has 1 N–H and O–H groups in total. The molecular weight excluding hydrogens is 217 g/mol. The molecule has 0 amide bonds. The Morgan fingerprint density at radius 1 is 1.29 bits per heavy atom. The van der Waals surface area contributed by atoms with E-state index in [-0.39, 0.29) is 6.67 Å². The molecule has 1 rings (SSSR count). The monoisotopic (exact) mass is 239 g/mol. The molecule has 0 fully saturated rings. The lowest BCUT2D eigenvalue weighted by molar-refractivity contribution is 0.289. The third-order valence-corrected chi connectivity index (χ3v) is 2.63. The number of alkyl halides is 1. The van der Waals surface area contributed by atoms with Crippen molar-refractivity contribution in [1.82, 2.24) is 5.32 Å². The van der Waals surface area contributed by atoms with Crippen LogP contribution >= 0.6 is 0 Å². The van der Waals surface area contributed by atoms with E-state index in [0.29, 0.717) is 19.1 Å². The average molecular weight is 239 g/mol. The zero-order valence-electron chi connectivity index (χ0n) is 10.7. The highest BCUT2D eigenvalue weighted by atomic mass is 19.1. The van der Waals surface area contributed by atoms with Gasteiger partial charge in [0.2, 0.25) is 0 Å². The number of ether oxygens (including phenoxy) is 1. The number of hydrogen-bond donors (Lipinski definition) is 1. The van der Waals surface area contributed by atoms with E-state index >= 15 is 0 Å². The fourth-order valence-corrected chi connectivity index (χ4v) is 1.58. The Kier molecular flexibility index (Phi) is 6.63. The Morgan fingerprint density at radius 2 is 2.00 bits per heavy atom. The minimum absolute atomic E-state index is 0.323. The van der Waals surface area contributed by atoms with Crippen molar-refractivity contribution in [3.8, 4) is 5.75 Å². The van der Waals surface area contributed by atoms with E-state index in [1.807, 2.05) is 12.1 Å². The van der Waals surface area contributed by atoms with Crippen LogP contribution in [0, 0.1) is 0 Å². The van der Waals surface area contributed by atoms with E-state index in [9.17, 15) is 4.39 Å². The van der Waals surface area contributed by atoms with Crippen molar-refractivity contribution >= 4 is 0 Å². The summed E-state index contributed by atoms with van der Waals surface area (Å²) < 4.78 is 17.3. The van der Waals surface area contributed by atoms with Gasteiger partial charge in [-0.05, 0) is 37.6 Å². The SMILES string of the molecule is CCCNC(C)c1ccc(OCCCF)cc1. The second-order valence-electron chi connectivity index (χ2n) is 4.14. The lowest BCUT2D eigenvalue weighted by atomic mass is 10.1. The van der Waals surface area contributed by atoms with Crippen LogP contribution in [0.5, 0.6) is 5.75 Å². The van der Waals surface area contributed by atoms with Gasteiger partial charge < -0.3 is 10.1 Å². The molecule has 1 aromatic rings. The van der Waals surface area contributed by atoms with Gasteiger partial charge in [-0.25, -0.2) is 0 Å². The van der Waals surface area contributed by atoms with E-state index in [1.54, 1.807) is 0 Å². The molecular formula is C14H22FNO. The summed E-state index contributed by atoms with van der Waals surface area (Å²) in [6.45, 7) is 5.45. The zero-order valence-corrected chi connectivity index (χ0v) is 10.7. The molecule has 0 aliphatic rings. The molecule has 0 heterocycles. The molecule has 2 nitrogen and oxygen atoms in total. The molecule has 0 saturated carbocycles. The van der Waals surface area contributed by atoms with E-state index in [4.69, 9.17) is 4.74 Å². The van der Waals surface area contributed by atoms with E-state index in [0.717, 1.165) is 18.7 Å². The van der Waals surface area contributed by atoms with Crippen molar-refractivity contribution in [3.05, 3.63) is 29.8 Å². The molecule has 96 valence electrons. The largest absolute Gasteiger partial charge is 0.494 e. The minimum Gasteiger partial charge on any atom is -0.494 e. The van der Waals surface area contributed by atoms with Gasteiger partial charge in [0.05, 0.1) is 13.3 Å². The first kappa shape index (κ1) is 14.0. The van der Waals surface area contributed by atoms with Crippen molar-refractivity contribution in [3.63, 3.8) is 0 Å². The first-order valence-corrected chi connectivity index (χ1v) is 6.30. The predicted molar refractivity (Wildman–Crippen MR) is 69.2 cm³/mol. The number of benzene rings is 1. The third-order valence-electron chi connectivity index (χ3n) is 2.63. The fraction of sp³-hybridized carbons (Fsp3) is 0.571. The maximum absolute atomic E-state index is 11.9. The van der Waals surface area contributed by atoms with Gasteiger partial charge in [-0.15, -0.1) is 0 Å². The summed E-state index contributed by atoms with van der Waals surface area (Å²) in [4.78, 5) is 0. The van der Waals surface area contributed by atoms with Crippen LogP contribution in [0.15, 0.2) is 24.3 Å². The van der Waals surface area contributed by atoms with Gasteiger partial charge in [-0.3, -0.25) is 4.39 Å². The molecule has 0 saturated heterocycles. The maximum atomic E-state index is 11.9. The Labute approximate surface area is 103 Å². The quantitative estimate of drug-likeness (QED) is 0.701. The van der Waals surface area contributed by atoms with Crippen molar-refractivity contribution in [2.45, 2.75) is 32.7 Å². The Bertz CT molecular complexity index is 300. The average Bonchev–Trinajstić information content (AvgIpc) is 2.37. The summed E-state index contributed by atoms with van der Waals surface area (Å²) in [6.07, 6.45) is 1.59. The fourth-order valence-electron chi connectivity index (χ4n) is 1.58. The van der Waals surface area contributed by atoms with Crippen molar-refractivity contribution in [2.75, 3.05) is 19.8 Å². The molecule has 0 aliphatic heterocycles. The molecule has 17 heavy (non-hydrogen) atoms. The first-order chi connectivity index (χ1) is 8.27. The zero-order chi connectivity index (χ0) is 12.5. The van der Waals surface area contributed by atoms with Gasteiger partial charge >= 0.3 is 0 Å². The smallest absolute Gasteiger partial charge is 0.119 e. The molecule has 0 radical (unpaired) electrons. The summed E-state index contributed by atoms with van der Waals surface area (Å²) in [7, 11) is 0. The van der Waals surface area contributed by atoms with Crippen LogP contribution in [-0.2, 0) is 0 Å². The van der Waals surface area contributed by atoms with Crippen LogP contribution in [0.25, 0.3) is 0 Å². The first-order valence-electron chi connectivity index (χ1n) is 6.30. The van der Waals surface area contributed by atoms with Gasteiger partial charge in [-0.1, -0.05) is 19.1 Å².